The van der Waals surface area contributed by atoms with Crippen molar-refractivity contribution in [1.29, 1.82) is 0 Å². The van der Waals surface area contributed by atoms with E-state index in [0.29, 0.717) is 11.5 Å². The molecule has 0 heterocycles. The zero-order valence-corrected chi connectivity index (χ0v) is 12.9. The summed E-state index contributed by atoms with van der Waals surface area (Å²) in [5.74, 6) is -0.114. The predicted octanol–water partition coefficient (Wildman–Crippen LogP) is 1.69. The molecule has 1 aromatic rings. The molecule has 0 aromatic heterocycles. The molecule has 112 valence electrons. The minimum absolute atomic E-state index is 0.0309. The second-order valence-electron chi connectivity index (χ2n) is 4.40. The Morgan fingerprint density at radius 2 is 1.85 bits per heavy atom. The van der Waals surface area contributed by atoms with Gasteiger partial charge in [0.25, 0.3) is 0 Å². The van der Waals surface area contributed by atoms with E-state index in [4.69, 9.17) is 4.74 Å². The van der Waals surface area contributed by atoms with Gasteiger partial charge in [0.2, 0.25) is 5.91 Å². The van der Waals surface area contributed by atoms with Crippen LogP contribution in [-0.2, 0) is 19.4 Å². The molecule has 1 aromatic carbocycles. The van der Waals surface area contributed by atoms with Crippen molar-refractivity contribution in [2.45, 2.75) is 31.7 Å². The highest BCUT2D eigenvalue weighted by Gasteiger charge is 2.13. The van der Waals surface area contributed by atoms with Crippen LogP contribution in [0.4, 0.5) is 0 Å². The van der Waals surface area contributed by atoms with Crippen LogP contribution in [-0.4, -0.2) is 33.3 Å². The number of ether oxygens (including phenoxy) is 1. The largest absolute Gasteiger partial charge is 0.372 e. The molecule has 5 nitrogen and oxygen atoms in total. The van der Waals surface area contributed by atoms with E-state index in [9.17, 15) is 13.2 Å². The average Bonchev–Trinajstić information content (AvgIpc) is 2.45. The molecule has 0 saturated carbocycles. The number of rotatable bonds is 7. The molecule has 0 aliphatic rings. The highest BCUT2D eigenvalue weighted by atomic mass is 32.2. The van der Waals surface area contributed by atoms with Crippen LogP contribution in [0.5, 0.6) is 0 Å². The Bertz CT molecular complexity index is 537. The number of benzene rings is 1. The lowest BCUT2D eigenvalue weighted by molar-refractivity contribution is -0.126. The first kappa shape index (κ1) is 16.7. The molecule has 0 saturated heterocycles. The molecule has 0 radical (unpaired) electrons. The molecule has 1 N–H and O–H groups in total. The third-order valence-corrected chi connectivity index (χ3v) is 4.68. The number of hydrogen-bond donors (Lipinski definition) is 1. The molecule has 0 aliphatic carbocycles. The monoisotopic (exact) mass is 299 g/mol. The maximum absolute atomic E-state index is 11.7. The molecule has 0 bridgehead atoms. The van der Waals surface area contributed by atoms with E-state index in [1.54, 1.807) is 31.2 Å². The standard InChI is InChI=1S/C14H21NO4S/c1-4-19-10-14(16)15-11(3)12-6-8-13(9-7-12)20(17,18)5-2/h6-9,11H,4-5,10H2,1-3H3,(H,15,16)/t11-/m1/s1. The first-order valence-electron chi connectivity index (χ1n) is 6.60. The van der Waals surface area contributed by atoms with Crippen molar-refractivity contribution >= 4 is 15.7 Å². The molecular weight excluding hydrogens is 278 g/mol. The van der Waals surface area contributed by atoms with Gasteiger partial charge in [-0.05, 0) is 31.5 Å². The highest BCUT2D eigenvalue weighted by molar-refractivity contribution is 7.91. The van der Waals surface area contributed by atoms with Gasteiger partial charge in [-0.25, -0.2) is 8.42 Å². The van der Waals surface area contributed by atoms with Gasteiger partial charge < -0.3 is 10.1 Å². The van der Waals surface area contributed by atoms with Crippen LogP contribution in [0.1, 0.15) is 32.4 Å². The Hall–Kier alpha value is -1.40. The highest BCUT2D eigenvalue weighted by Crippen LogP contribution is 2.17. The van der Waals surface area contributed by atoms with Crippen molar-refractivity contribution in [3.05, 3.63) is 29.8 Å². The minimum Gasteiger partial charge on any atom is -0.372 e. The van der Waals surface area contributed by atoms with Gasteiger partial charge in [0.05, 0.1) is 16.7 Å². The Labute approximate surface area is 120 Å². The summed E-state index contributed by atoms with van der Waals surface area (Å²) in [6.07, 6.45) is 0. The van der Waals surface area contributed by atoms with Gasteiger partial charge in [0.15, 0.2) is 9.84 Å². The van der Waals surface area contributed by atoms with E-state index in [1.807, 2.05) is 13.8 Å². The molecule has 0 fully saturated rings. The topological polar surface area (TPSA) is 72.5 Å². The van der Waals surface area contributed by atoms with E-state index in [-0.39, 0.29) is 24.3 Å². The zero-order chi connectivity index (χ0) is 15.2. The molecule has 1 rings (SSSR count). The molecule has 1 atom stereocenters. The van der Waals surface area contributed by atoms with Crippen LogP contribution >= 0.6 is 0 Å². The number of hydrogen-bond acceptors (Lipinski definition) is 4. The van der Waals surface area contributed by atoms with Crippen molar-refractivity contribution in [3.63, 3.8) is 0 Å². The summed E-state index contributed by atoms with van der Waals surface area (Å²) in [5, 5.41) is 2.79. The van der Waals surface area contributed by atoms with Crippen LogP contribution in [0.25, 0.3) is 0 Å². The Balaban J connectivity index is 2.71. The normalized spacial score (nSPS) is 12.9. The second-order valence-corrected chi connectivity index (χ2v) is 6.68. The predicted molar refractivity (Wildman–Crippen MR) is 77.2 cm³/mol. The summed E-state index contributed by atoms with van der Waals surface area (Å²) in [7, 11) is -3.18. The number of nitrogens with one attached hydrogen (secondary N) is 1. The van der Waals surface area contributed by atoms with E-state index in [0.717, 1.165) is 5.56 Å². The summed E-state index contributed by atoms with van der Waals surface area (Å²) >= 11 is 0. The van der Waals surface area contributed by atoms with Gasteiger partial charge in [0, 0.05) is 6.61 Å². The summed E-state index contributed by atoms with van der Waals surface area (Å²) in [6, 6.07) is 6.38. The lowest BCUT2D eigenvalue weighted by atomic mass is 10.1. The zero-order valence-electron chi connectivity index (χ0n) is 12.0. The van der Waals surface area contributed by atoms with Gasteiger partial charge in [-0.2, -0.15) is 0 Å². The number of amides is 1. The van der Waals surface area contributed by atoms with Crippen molar-refractivity contribution in [1.82, 2.24) is 5.32 Å². The van der Waals surface area contributed by atoms with Crippen molar-refractivity contribution in [3.8, 4) is 0 Å². The van der Waals surface area contributed by atoms with Crippen molar-refractivity contribution in [2.24, 2.45) is 0 Å². The SMILES string of the molecule is CCOCC(=O)N[C@H](C)c1ccc(S(=O)(=O)CC)cc1. The first-order chi connectivity index (χ1) is 9.40. The minimum atomic E-state index is -3.18. The van der Waals surface area contributed by atoms with E-state index >= 15 is 0 Å². The van der Waals surface area contributed by atoms with Crippen LogP contribution in [0.2, 0.25) is 0 Å². The molecule has 6 heteroatoms. The first-order valence-corrected chi connectivity index (χ1v) is 8.25. The van der Waals surface area contributed by atoms with Crippen LogP contribution in [0.15, 0.2) is 29.2 Å². The fourth-order valence-electron chi connectivity index (χ4n) is 1.69. The molecule has 0 spiro atoms. The summed E-state index contributed by atoms with van der Waals surface area (Å²) < 4.78 is 28.4. The van der Waals surface area contributed by atoms with Gasteiger partial charge in [0.1, 0.15) is 6.61 Å². The lowest BCUT2D eigenvalue weighted by Gasteiger charge is -2.14. The molecule has 0 unspecified atom stereocenters. The maximum atomic E-state index is 11.7. The van der Waals surface area contributed by atoms with Crippen molar-refractivity contribution in [2.75, 3.05) is 19.0 Å². The van der Waals surface area contributed by atoms with E-state index in [1.165, 1.54) is 0 Å². The smallest absolute Gasteiger partial charge is 0.246 e. The fourth-order valence-corrected chi connectivity index (χ4v) is 2.58. The second kappa shape index (κ2) is 7.40. The number of carbonyl (C=O) groups is 1. The average molecular weight is 299 g/mol. The fraction of sp³-hybridized carbons (Fsp3) is 0.500. The Kier molecular flexibility index (Phi) is 6.16. The van der Waals surface area contributed by atoms with Gasteiger partial charge in [-0.1, -0.05) is 19.1 Å². The van der Waals surface area contributed by atoms with E-state index in [2.05, 4.69) is 5.32 Å². The Morgan fingerprint density at radius 1 is 1.25 bits per heavy atom. The van der Waals surface area contributed by atoms with Gasteiger partial charge in [-0.15, -0.1) is 0 Å². The molecule has 20 heavy (non-hydrogen) atoms. The summed E-state index contributed by atoms with van der Waals surface area (Å²) in [4.78, 5) is 11.8. The van der Waals surface area contributed by atoms with E-state index < -0.39 is 9.84 Å². The van der Waals surface area contributed by atoms with Gasteiger partial charge in [-0.3, -0.25) is 4.79 Å². The maximum Gasteiger partial charge on any atom is 0.246 e. The molecular formula is C14H21NO4S. The quantitative estimate of drug-likeness (QED) is 0.831. The number of carbonyl (C=O) groups excluding carboxylic acids is 1. The van der Waals surface area contributed by atoms with Crippen LogP contribution < -0.4 is 5.32 Å². The summed E-state index contributed by atoms with van der Waals surface area (Å²) in [5.41, 5.74) is 0.852. The van der Waals surface area contributed by atoms with Crippen molar-refractivity contribution < 1.29 is 17.9 Å². The third-order valence-electron chi connectivity index (χ3n) is 2.93. The van der Waals surface area contributed by atoms with Gasteiger partial charge >= 0.3 is 0 Å². The Morgan fingerprint density at radius 3 is 2.35 bits per heavy atom. The number of sulfone groups is 1. The molecule has 1 amide bonds. The van der Waals surface area contributed by atoms with Crippen LogP contribution in [0, 0.1) is 0 Å². The third kappa shape index (κ3) is 4.61. The summed E-state index contributed by atoms with van der Waals surface area (Å²) in [6.45, 7) is 5.80. The lowest BCUT2D eigenvalue weighted by Crippen LogP contribution is -2.30. The van der Waals surface area contributed by atoms with Crippen LogP contribution in [0.3, 0.4) is 0 Å². The molecule has 0 aliphatic heterocycles.